The van der Waals surface area contributed by atoms with Gasteiger partial charge < -0.3 is 38.2 Å². The molecule has 10 atom stereocenters. The van der Waals surface area contributed by atoms with Gasteiger partial charge in [-0.25, -0.2) is 4.79 Å². The highest BCUT2D eigenvalue weighted by atomic mass is 16.7. The van der Waals surface area contributed by atoms with E-state index in [1.54, 1.807) is 14.2 Å². The molecule has 0 amide bonds. The molecule has 2 fully saturated rings. The fourth-order valence-corrected chi connectivity index (χ4v) is 11.2. The molecule has 2 aromatic rings. The van der Waals surface area contributed by atoms with Gasteiger partial charge >= 0.3 is 6.16 Å². The van der Waals surface area contributed by atoms with Crippen LogP contribution in [0.25, 0.3) is 0 Å². The Morgan fingerprint density at radius 1 is 0.717 bits per heavy atom. The van der Waals surface area contributed by atoms with Crippen molar-refractivity contribution < 1.29 is 33.2 Å². The molecule has 10 rings (SSSR count). The van der Waals surface area contributed by atoms with Crippen LogP contribution in [0.5, 0.6) is 23.0 Å². The van der Waals surface area contributed by atoms with E-state index in [0.29, 0.717) is 12.1 Å². The quantitative estimate of drug-likeness (QED) is 0.368. The summed E-state index contributed by atoms with van der Waals surface area (Å²) < 4.78 is 37.6. The van der Waals surface area contributed by atoms with Gasteiger partial charge in [0.15, 0.2) is 35.2 Å². The summed E-state index contributed by atoms with van der Waals surface area (Å²) in [5.74, 6) is 3.61. The summed E-state index contributed by atoms with van der Waals surface area (Å²) in [6.07, 6.45) is 9.77. The zero-order valence-corrected chi connectivity index (χ0v) is 26.7. The van der Waals surface area contributed by atoms with Crippen molar-refractivity contribution in [1.29, 1.82) is 0 Å². The second-order valence-corrected chi connectivity index (χ2v) is 14.7. The Bertz CT molecular complexity index is 1610. The number of ether oxygens (including phenoxy) is 6. The van der Waals surface area contributed by atoms with E-state index >= 15 is 0 Å². The average molecular weight is 625 g/mol. The van der Waals surface area contributed by atoms with Crippen molar-refractivity contribution >= 4 is 6.16 Å². The third kappa shape index (κ3) is 3.16. The van der Waals surface area contributed by atoms with Crippen molar-refractivity contribution in [3.05, 3.63) is 70.8 Å². The minimum Gasteiger partial charge on any atom is -0.493 e. The van der Waals surface area contributed by atoms with E-state index in [1.165, 1.54) is 22.3 Å². The number of benzene rings is 2. The topological polar surface area (TPSA) is 78.9 Å². The van der Waals surface area contributed by atoms with Crippen LogP contribution in [0.1, 0.15) is 35.1 Å². The molecule has 4 aliphatic carbocycles. The molecule has 46 heavy (non-hydrogen) atoms. The monoisotopic (exact) mass is 624 g/mol. The molecule has 0 N–H and O–H groups in total. The van der Waals surface area contributed by atoms with Crippen LogP contribution in [0.2, 0.25) is 0 Å². The number of carbonyl (C=O) groups excluding carboxylic acids is 1. The molecule has 240 valence electrons. The van der Waals surface area contributed by atoms with E-state index in [0.717, 1.165) is 61.8 Å². The van der Waals surface area contributed by atoms with Crippen LogP contribution in [-0.2, 0) is 33.1 Å². The lowest BCUT2D eigenvalue weighted by molar-refractivity contribution is -0.0875. The molecular formula is C37H40N2O7. The third-order valence-corrected chi connectivity index (χ3v) is 13.1. The lowest BCUT2D eigenvalue weighted by Gasteiger charge is -2.57. The summed E-state index contributed by atoms with van der Waals surface area (Å²) in [5, 5.41) is 0. The summed E-state index contributed by atoms with van der Waals surface area (Å²) in [5.41, 5.74) is 4.54. The first-order valence-corrected chi connectivity index (χ1v) is 16.8. The van der Waals surface area contributed by atoms with Crippen LogP contribution in [0.4, 0.5) is 4.79 Å². The third-order valence-electron chi connectivity index (χ3n) is 13.1. The highest BCUT2D eigenvalue weighted by Crippen LogP contribution is 2.64. The van der Waals surface area contributed by atoms with Crippen molar-refractivity contribution in [1.82, 2.24) is 9.80 Å². The molecule has 0 aromatic heterocycles. The van der Waals surface area contributed by atoms with Crippen LogP contribution >= 0.6 is 0 Å². The number of hydrogen-bond acceptors (Lipinski definition) is 9. The molecule has 2 saturated heterocycles. The van der Waals surface area contributed by atoms with Gasteiger partial charge in [-0.15, -0.1) is 0 Å². The van der Waals surface area contributed by atoms with Crippen LogP contribution in [0.15, 0.2) is 48.6 Å². The molecule has 2 aromatic carbocycles. The Hall–Kier alpha value is -3.69. The molecule has 4 bridgehead atoms. The molecule has 8 aliphatic rings. The highest BCUT2D eigenvalue weighted by Gasteiger charge is 2.67. The number of hydrogen-bond donors (Lipinski definition) is 0. The van der Waals surface area contributed by atoms with Gasteiger partial charge in [0.25, 0.3) is 0 Å². The molecular weight excluding hydrogens is 584 g/mol. The van der Waals surface area contributed by atoms with Gasteiger partial charge in [-0.05, 0) is 88.3 Å². The number of rotatable bonds is 4. The molecule has 0 radical (unpaired) electrons. The Morgan fingerprint density at radius 2 is 1.17 bits per heavy atom. The zero-order valence-electron chi connectivity index (χ0n) is 26.7. The fraction of sp³-hybridized carbons (Fsp3) is 0.541. The van der Waals surface area contributed by atoms with E-state index in [4.69, 9.17) is 28.4 Å². The second-order valence-electron chi connectivity index (χ2n) is 14.7. The van der Waals surface area contributed by atoms with Gasteiger partial charge in [0.05, 0.1) is 14.2 Å². The fourth-order valence-electron chi connectivity index (χ4n) is 11.2. The second kappa shape index (κ2) is 9.22. The summed E-state index contributed by atoms with van der Waals surface area (Å²) in [6.45, 7) is 1.92. The van der Waals surface area contributed by atoms with Gasteiger partial charge in [0.2, 0.25) is 0 Å². The van der Waals surface area contributed by atoms with Crippen molar-refractivity contribution in [3.63, 3.8) is 0 Å². The molecule has 2 spiro atoms. The molecule has 9 heteroatoms. The van der Waals surface area contributed by atoms with Crippen molar-refractivity contribution in [2.75, 3.05) is 41.4 Å². The molecule has 4 aliphatic heterocycles. The maximum absolute atomic E-state index is 13.8. The van der Waals surface area contributed by atoms with Crippen LogP contribution in [0.3, 0.4) is 0 Å². The molecule has 0 saturated carbocycles. The predicted molar refractivity (Wildman–Crippen MR) is 168 cm³/mol. The van der Waals surface area contributed by atoms with E-state index < -0.39 is 18.4 Å². The first-order valence-electron chi connectivity index (χ1n) is 16.8. The summed E-state index contributed by atoms with van der Waals surface area (Å²) in [4.78, 5) is 18.8. The standard InChI is InChI=1S/C37H40N2O7/c1-38-15-13-36-21-7-11-27(33(36)45-31-25(41-3)9-5-19(29(31)36)17-23(21)38)43-35(40)44-28-12-8-22-24-18-20-6-10-26(42-4)32-30(20)37(22,34(28)46-32)14-16-39(24)2/h5-12,21-24,27-28,33-34H,13-18H2,1-4H3/t21-,22-,23+,24?,27-,28+,33-,34-,36-,37-/m0/s1. The molecule has 9 nitrogen and oxygen atoms in total. The summed E-state index contributed by atoms with van der Waals surface area (Å²) >= 11 is 0. The Morgan fingerprint density at radius 3 is 1.61 bits per heavy atom. The molecule has 1 unspecified atom stereocenters. The Kier molecular flexibility index (Phi) is 5.50. The first kappa shape index (κ1) is 27.4. The SMILES string of the molecule is COc1ccc2c3c1O[C@H]1[C@H](OC(=O)O[C@H]4C=C[C@H]5[C@H]6Cc7ccc(OC)c8c7[C@@]5(CCN6C)[C@H]4O8)C=C[C@H]4C(C2)N(C)CC[C@@]341. The number of likely N-dealkylation sites (N-methyl/N-ethyl adjacent to an activating group) is 2. The van der Waals surface area contributed by atoms with Crippen LogP contribution < -0.4 is 18.9 Å². The van der Waals surface area contributed by atoms with Gasteiger partial charge in [-0.3, -0.25) is 0 Å². The van der Waals surface area contributed by atoms with E-state index in [9.17, 15) is 4.79 Å². The van der Waals surface area contributed by atoms with Gasteiger partial charge in [-0.2, -0.15) is 0 Å². The van der Waals surface area contributed by atoms with Gasteiger partial charge in [0.1, 0.15) is 12.2 Å². The normalized spacial score (nSPS) is 39.9. The Balaban J connectivity index is 0.972. The maximum atomic E-state index is 13.8. The summed E-state index contributed by atoms with van der Waals surface area (Å²) in [7, 11) is 7.80. The van der Waals surface area contributed by atoms with Crippen molar-refractivity contribution in [2.24, 2.45) is 11.8 Å². The first-order chi connectivity index (χ1) is 22.4. The molecule has 4 heterocycles. The van der Waals surface area contributed by atoms with Crippen LogP contribution in [-0.4, -0.2) is 93.9 Å². The number of carbonyl (C=O) groups is 1. The largest absolute Gasteiger partial charge is 0.509 e. The van der Waals surface area contributed by atoms with E-state index in [2.05, 4.69) is 48.2 Å². The predicted octanol–water partition coefficient (Wildman–Crippen LogP) is 4.18. The maximum Gasteiger partial charge on any atom is 0.509 e. The lowest BCUT2D eigenvalue weighted by Crippen LogP contribution is -2.65. The number of methoxy groups -OCH3 is 2. The van der Waals surface area contributed by atoms with Gasteiger partial charge in [-0.1, -0.05) is 24.3 Å². The Labute approximate surface area is 269 Å². The van der Waals surface area contributed by atoms with Crippen LogP contribution in [0, 0.1) is 11.8 Å². The lowest BCUT2D eigenvalue weighted by atomic mass is 9.53. The van der Waals surface area contributed by atoms with E-state index in [-0.39, 0.29) is 34.9 Å². The number of nitrogens with zero attached hydrogens (tertiary/aromatic N) is 2. The minimum absolute atomic E-state index is 0.267. The highest BCUT2D eigenvalue weighted by molar-refractivity contribution is 5.66. The number of piperidine rings is 2. The smallest absolute Gasteiger partial charge is 0.493 e. The zero-order chi connectivity index (χ0) is 31.1. The van der Waals surface area contributed by atoms with Gasteiger partial charge in [0, 0.05) is 45.9 Å². The van der Waals surface area contributed by atoms with Crippen molar-refractivity contribution in [3.8, 4) is 23.0 Å². The number of likely N-dealkylation sites (tertiary alicyclic amines) is 2. The average Bonchev–Trinajstić information content (AvgIpc) is 3.60. The summed E-state index contributed by atoms with van der Waals surface area (Å²) in [6, 6.07) is 9.14. The van der Waals surface area contributed by atoms with E-state index in [1.807, 2.05) is 24.3 Å². The minimum atomic E-state index is -0.701. The van der Waals surface area contributed by atoms with Crippen molar-refractivity contribution in [2.45, 2.75) is 73.0 Å².